The molecule has 0 saturated carbocycles. The molecule has 0 amide bonds. The van der Waals surface area contributed by atoms with E-state index in [0.29, 0.717) is 0 Å². The van der Waals surface area contributed by atoms with Crippen LogP contribution in [0.3, 0.4) is 0 Å². The molecule has 0 aliphatic heterocycles. The number of hydrogen-bond acceptors (Lipinski definition) is 2. The summed E-state index contributed by atoms with van der Waals surface area (Å²) >= 11 is 1.71. The topological polar surface area (TPSA) is 39.7 Å². The minimum absolute atomic E-state index is 0. The molecule has 2 rings (SSSR count). The van der Waals surface area contributed by atoms with Crippen LogP contribution in [0.25, 0.3) is 0 Å². The van der Waals surface area contributed by atoms with Crippen LogP contribution in [-0.4, -0.2) is 18.9 Å². The van der Waals surface area contributed by atoms with Crippen LogP contribution in [-0.2, 0) is 6.54 Å². The summed E-state index contributed by atoms with van der Waals surface area (Å²) in [4.78, 5) is 1.29. The summed E-state index contributed by atoms with van der Waals surface area (Å²) in [7, 11) is 0. The number of nitrogens with two attached hydrogens (primary N) is 1. The molecule has 0 spiro atoms. The van der Waals surface area contributed by atoms with Gasteiger partial charge in [-0.05, 0) is 23.3 Å². The number of quaternary nitrogens is 1. The number of hydrogen-bond donors (Lipinski definition) is 1. The second-order valence-corrected chi connectivity index (χ2v) is 4.06. The molecule has 1 aromatic heterocycles. The number of benzene rings is 1. The van der Waals surface area contributed by atoms with Gasteiger partial charge in [0.1, 0.15) is 12.2 Å². The van der Waals surface area contributed by atoms with Crippen molar-refractivity contribution in [2.75, 3.05) is 0 Å². The van der Waals surface area contributed by atoms with E-state index < -0.39 is 0 Å². The fourth-order valence-corrected chi connectivity index (χ4v) is 1.96. The molecule has 2 aromatic rings. The van der Waals surface area contributed by atoms with Gasteiger partial charge in [-0.15, -0.1) is 11.3 Å². The summed E-state index contributed by atoms with van der Waals surface area (Å²) in [5.74, 6) is 0.101. The normalized spacial score (nSPS) is 9.60. The van der Waals surface area contributed by atoms with Gasteiger partial charge in [-0.2, -0.15) is 0 Å². The summed E-state index contributed by atoms with van der Waals surface area (Å²) in [5, 5.41) is 15.4. The fraction of sp³-hybridized carbons (Fsp3) is 0.0909. The molecule has 0 aliphatic rings. The molecule has 0 unspecified atom stereocenters. The van der Waals surface area contributed by atoms with Gasteiger partial charge in [-0.3, -0.25) is 0 Å². The maximum absolute atomic E-state index is 11.4. The first-order chi connectivity index (χ1) is 6.86. The van der Waals surface area contributed by atoms with E-state index in [1.165, 1.54) is 4.88 Å². The van der Waals surface area contributed by atoms with Crippen molar-refractivity contribution in [3.8, 4) is 5.75 Å². The molecule has 0 atom stereocenters. The minimum Gasteiger partial charge on any atom is -1.00 e. The Morgan fingerprint density at radius 1 is 1.13 bits per heavy atom. The summed E-state index contributed by atoms with van der Waals surface area (Å²) in [6, 6.07) is 11.2. The minimum atomic E-state index is 0. The average molecular weight is 212 g/mol. The summed E-state index contributed by atoms with van der Waals surface area (Å²) in [5.41, 5.74) is 0.793. The maximum atomic E-state index is 11.4. The second kappa shape index (κ2) is 5.99. The fourth-order valence-electron chi connectivity index (χ4n) is 1.29. The van der Waals surface area contributed by atoms with Gasteiger partial charge < -0.3 is 29.3 Å². The van der Waals surface area contributed by atoms with Gasteiger partial charge in [-0.1, -0.05) is 24.3 Å². The maximum Gasteiger partial charge on any atom is 0.121 e. The van der Waals surface area contributed by atoms with Crippen molar-refractivity contribution >= 4 is 35.9 Å². The summed E-state index contributed by atoms with van der Waals surface area (Å²) in [6.45, 7) is 0.844. The van der Waals surface area contributed by atoms with Crippen molar-refractivity contribution < 1.29 is 10.4 Å². The first-order valence-electron chi connectivity index (χ1n) is 4.48. The van der Waals surface area contributed by atoms with Gasteiger partial charge in [0, 0.05) is 0 Å². The summed E-state index contributed by atoms with van der Waals surface area (Å²) in [6.07, 6.45) is 0. The first-order valence-corrected chi connectivity index (χ1v) is 5.36. The smallest absolute Gasteiger partial charge is 0.121 e. The SMILES string of the molecule is [Li-].[O-]c1ccccc1[NH2+]Cc1cccs1. The van der Waals surface area contributed by atoms with Crippen LogP contribution in [0.2, 0.25) is 0 Å². The third-order valence-corrected chi connectivity index (χ3v) is 2.92. The van der Waals surface area contributed by atoms with E-state index in [4.69, 9.17) is 0 Å². The molecule has 4 heteroatoms. The van der Waals surface area contributed by atoms with E-state index in [-0.39, 0.29) is 24.6 Å². The van der Waals surface area contributed by atoms with E-state index in [9.17, 15) is 5.11 Å². The van der Waals surface area contributed by atoms with Crippen LogP contribution in [0.1, 0.15) is 4.88 Å². The second-order valence-electron chi connectivity index (χ2n) is 3.03. The van der Waals surface area contributed by atoms with Crippen LogP contribution in [0.15, 0.2) is 41.8 Å². The molecule has 0 aliphatic carbocycles. The van der Waals surface area contributed by atoms with E-state index in [2.05, 4.69) is 6.07 Å². The van der Waals surface area contributed by atoms with Gasteiger partial charge in [0.05, 0.1) is 4.88 Å². The predicted octanol–water partition coefficient (Wildman–Crippen LogP) is 0.836. The van der Waals surface area contributed by atoms with Crippen molar-refractivity contribution in [2.24, 2.45) is 0 Å². The molecule has 74 valence electrons. The zero-order valence-electron chi connectivity index (χ0n) is 8.64. The monoisotopic (exact) mass is 212 g/mol. The molecule has 15 heavy (non-hydrogen) atoms. The predicted molar refractivity (Wildman–Crippen MR) is 61.3 cm³/mol. The molecule has 0 fully saturated rings. The van der Waals surface area contributed by atoms with Crippen molar-refractivity contribution in [3.63, 3.8) is 0 Å². The van der Waals surface area contributed by atoms with Gasteiger partial charge in [0.15, 0.2) is 0 Å². The standard InChI is InChI=1S/C11H11NOS.Li/c13-11-6-2-1-5-10(11)12-8-9-4-3-7-14-9;/h1-7,12-13H,8H2;/q;-1. The van der Waals surface area contributed by atoms with Crippen LogP contribution in [0.5, 0.6) is 5.75 Å². The van der Waals surface area contributed by atoms with Crippen molar-refractivity contribution in [3.05, 3.63) is 46.7 Å². The van der Waals surface area contributed by atoms with Crippen molar-refractivity contribution in [2.45, 2.75) is 6.54 Å². The zero-order chi connectivity index (χ0) is 9.80. The van der Waals surface area contributed by atoms with E-state index in [1.807, 2.05) is 28.9 Å². The Labute approximate surface area is 105 Å². The Balaban J connectivity index is 0.00000112. The zero-order valence-corrected chi connectivity index (χ0v) is 9.46. The third kappa shape index (κ3) is 3.40. The van der Waals surface area contributed by atoms with Gasteiger partial charge in [0.2, 0.25) is 0 Å². The molecule has 0 saturated heterocycles. The molecule has 2 nitrogen and oxygen atoms in total. The van der Waals surface area contributed by atoms with Crippen LogP contribution in [0, 0.1) is 0 Å². The van der Waals surface area contributed by atoms with Gasteiger partial charge in [0.25, 0.3) is 0 Å². The van der Waals surface area contributed by atoms with Crippen LogP contribution >= 0.6 is 11.3 Å². The van der Waals surface area contributed by atoms with Crippen molar-refractivity contribution in [1.82, 2.24) is 0 Å². The Hall–Kier alpha value is -0.723. The molecule has 0 bridgehead atoms. The third-order valence-electron chi connectivity index (χ3n) is 2.02. The molecular formula is C11H11LiNOS-. The average Bonchev–Trinajstić information content (AvgIpc) is 2.69. The molecular weight excluding hydrogens is 201 g/mol. The Morgan fingerprint density at radius 3 is 2.60 bits per heavy atom. The molecule has 1 heterocycles. The largest absolute Gasteiger partial charge is 1.00 e. The Kier molecular flexibility index (Phi) is 4.93. The molecule has 2 N–H and O–H groups in total. The quantitative estimate of drug-likeness (QED) is 0.594. The van der Waals surface area contributed by atoms with E-state index in [1.54, 1.807) is 23.5 Å². The van der Waals surface area contributed by atoms with Crippen LogP contribution < -0.4 is 10.4 Å². The van der Waals surface area contributed by atoms with Gasteiger partial charge in [-0.25, -0.2) is 0 Å². The number of rotatable bonds is 3. The molecule has 1 aromatic carbocycles. The first kappa shape index (κ1) is 12.3. The number of thiophene rings is 1. The Morgan fingerprint density at radius 2 is 1.93 bits per heavy atom. The van der Waals surface area contributed by atoms with Gasteiger partial charge >= 0.3 is 0 Å². The molecule has 2 radical (unpaired) electrons. The number of para-hydroxylation sites is 2. The van der Waals surface area contributed by atoms with Crippen LogP contribution in [0.4, 0.5) is 5.69 Å². The van der Waals surface area contributed by atoms with E-state index in [0.717, 1.165) is 12.2 Å². The Bertz CT molecular complexity index is 403. The summed E-state index contributed by atoms with van der Waals surface area (Å²) < 4.78 is 0. The van der Waals surface area contributed by atoms with E-state index >= 15 is 0 Å². The van der Waals surface area contributed by atoms with Crippen molar-refractivity contribution in [1.29, 1.82) is 0 Å².